The molecule has 1 amide bonds. The Bertz CT molecular complexity index is 442. The van der Waals surface area contributed by atoms with E-state index in [4.69, 9.17) is 14.2 Å². The molecule has 2 N–H and O–H groups in total. The number of ether oxygens (including phenoxy) is 3. The maximum Gasteiger partial charge on any atom is 0.251 e. The van der Waals surface area contributed by atoms with Gasteiger partial charge in [-0.15, -0.1) is 12.4 Å². The smallest absolute Gasteiger partial charge is 0.251 e. The highest BCUT2D eigenvalue weighted by atomic mass is 35.5. The van der Waals surface area contributed by atoms with Crippen LogP contribution in [0.15, 0.2) is 18.2 Å². The van der Waals surface area contributed by atoms with Crippen LogP contribution in [0.5, 0.6) is 11.5 Å². The monoisotopic (exact) mass is 302 g/mol. The van der Waals surface area contributed by atoms with E-state index in [1.807, 2.05) is 0 Å². The average molecular weight is 303 g/mol. The summed E-state index contributed by atoms with van der Waals surface area (Å²) in [6.45, 7) is 2.92. The van der Waals surface area contributed by atoms with Gasteiger partial charge in [0.2, 0.25) is 6.79 Å². The van der Waals surface area contributed by atoms with Crippen molar-refractivity contribution in [2.75, 3.05) is 40.1 Å². The Hall–Kier alpha value is -1.50. The molecule has 0 atom stereocenters. The van der Waals surface area contributed by atoms with E-state index in [0.717, 1.165) is 6.54 Å². The molecule has 7 heteroatoms. The maximum atomic E-state index is 11.9. The molecule has 6 nitrogen and oxygen atoms in total. The number of rotatable bonds is 7. The zero-order valence-electron chi connectivity index (χ0n) is 11.3. The van der Waals surface area contributed by atoms with E-state index >= 15 is 0 Å². The van der Waals surface area contributed by atoms with E-state index in [-0.39, 0.29) is 25.1 Å². The number of carbonyl (C=O) groups is 1. The number of fused-ring (bicyclic) bond motifs is 1. The Labute approximate surface area is 124 Å². The molecule has 1 aliphatic heterocycles. The molecule has 2 rings (SSSR count). The Kier molecular flexibility index (Phi) is 7.14. The van der Waals surface area contributed by atoms with Crippen LogP contribution in [0.25, 0.3) is 0 Å². The van der Waals surface area contributed by atoms with Gasteiger partial charge < -0.3 is 24.8 Å². The fourth-order valence-electron chi connectivity index (χ4n) is 1.70. The summed E-state index contributed by atoms with van der Waals surface area (Å²) in [6.07, 6.45) is 0. The summed E-state index contributed by atoms with van der Waals surface area (Å²) in [7, 11) is 1.66. The van der Waals surface area contributed by atoms with Gasteiger partial charge in [0.15, 0.2) is 11.5 Å². The Morgan fingerprint density at radius 1 is 1.25 bits per heavy atom. The predicted molar refractivity (Wildman–Crippen MR) is 76.9 cm³/mol. The van der Waals surface area contributed by atoms with Crippen molar-refractivity contribution < 1.29 is 19.0 Å². The maximum absolute atomic E-state index is 11.9. The molecule has 0 bridgehead atoms. The highest BCUT2D eigenvalue weighted by Crippen LogP contribution is 2.32. The van der Waals surface area contributed by atoms with E-state index in [9.17, 15) is 4.79 Å². The van der Waals surface area contributed by atoms with Gasteiger partial charge in [0.05, 0.1) is 6.61 Å². The van der Waals surface area contributed by atoms with Crippen molar-refractivity contribution >= 4 is 18.3 Å². The van der Waals surface area contributed by atoms with Crippen LogP contribution in [0.3, 0.4) is 0 Å². The zero-order valence-corrected chi connectivity index (χ0v) is 12.1. The minimum Gasteiger partial charge on any atom is -0.454 e. The van der Waals surface area contributed by atoms with Gasteiger partial charge in [0.1, 0.15) is 0 Å². The second-order valence-electron chi connectivity index (χ2n) is 4.07. The van der Waals surface area contributed by atoms with E-state index in [0.29, 0.717) is 36.8 Å². The zero-order chi connectivity index (χ0) is 13.5. The van der Waals surface area contributed by atoms with Gasteiger partial charge in [0.25, 0.3) is 5.91 Å². The minimum atomic E-state index is -0.119. The van der Waals surface area contributed by atoms with Gasteiger partial charge in [-0.1, -0.05) is 0 Å². The third-order valence-electron chi connectivity index (χ3n) is 2.71. The summed E-state index contributed by atoms with van der Waals surface area (Å²) < 4.78 is 15.3. The highest BCUT2D eigenvalue weighted by Gasteiger charge is 2.15. The molecule has 112 valence electrons. The van der Waals surface area contributed by atoms with Crippen molar-refractivity contribution in [2.24, 2.45) is 0 Å². The molecule has 0 aromatic heterocycles. The van der Waals surface area contributed by atoms with Gasteiger partial charge in [-0.25, -0.2) is 0 Å². The molecule has 20 heavy (non-hydrogen) atoms. The molecule has 0 fully saturated rings. The average Bonchev–Trinajstić information content (AvgIpc) is 2.89. The molecule has 0 saturated heterocycles. The van der Waals surface area contributed by atoms with Crippen LogP contribution in [0, 0.1) is 0 Å². The van der Waals surface area contributed by atoms with Gasteiger partial charge >= 0.3 is 0 Å². The normalized spacial score (nSPS) is 11.8. The largest absolute Gasteiger partial charge is 0.454 e. The first-order valence-corrected chi connectivity index (χ1v) is 6.19. The van der Waals surface area contributed by atoms with Crippen molar-refractivity contribution in [3.8, 4) is 11.5 Å². The predicted octanol–water partition coefficient (Wildman–Crippen LogP) is 0.803. The highest BCUT2D eigenvalue weighted by molar-refractivity contribution is 5.94. The van der Waals surface area contributed by atoms with Crippen molar-refractivity contribution in [1.82, 2.24) is 10.6 Å². The third kappa shape index (κ3) is 4.56. The molecule has 1 heterocycles. The van der Waals surface area contributed by atoms with Crippen molar-refractivity contribution in [3.05, 3.63) is 23.8 Å². The number of amides is 1. The first-order valence-electron chi connectivity index (χ1n) is 6.19. The van der Waals surface area contributed by atoms with E-state index in [1.54, 1.807) is 25.3 Å². The minimum absolute atomic E-state index is 0. The first-order chi connectivity index (χ1) is 9.31. The number of hydrogen-bond donors (Lipinski definition) is 2. The fourth-order valence-corrected chi connectivity index (χ4v) is 1.70. The molecule has 0 saturated carbocycles. The molecule has 1 aromatic carbocycles. The lowest BCUT2D eigenvalue weighted by molar-refractivity contribution is 0.0953. The van der Waals surface area contributed by atoms with Crippen LogP contribution in [0.4, 0.5) is 0 Å². The number of nitrogens with one attached hydrogen (secondary N) is 2. The number of halogens is 1. The lowest BCUT2D eigenvalue weighted by Gasteiger charge is -2.07. The summed E-state index contributed by atoms with van der Waals surface area (Å²) >= 11 is 0. The lowest BCUT2D eigenvalue weighted by atomic mass is 10.2. The first kappa shape index (κ1) is 16.6. The van der Waals surface area contributed by atoms with Gasteiger partial charge in [-0.3, -0.25) is 4.79 Å². The van der Waals surface area contributed by atoms with Gasteiger partial charge in [-0.2, -0.15) is 0 Å². The molecule has 1 aromatic rings. The Balaban J connectivity index is 0.00000200. The Morgan fingerprint density at radius 2 is 2.05 bits per heavy atom. The van der Waals surface area contributed by atoms with Crippen molar-refractivity contribution in [3.63, 3.8) is 0 Å². The van der Waals surface area contributed by atoms with Gasteiger partial charge in [-0.05, 0) is 18.2 Å². The van der Waals surface area contributed by atoms with Crippen LogP contribution < -0.4 is 20.1 Å². The molecule has 0 aliphatic carbocycles. The Morgan fingerprint density at radius 3 is 2.85 bits per heavy atom. The fraction of sp³-hybridized carbons (Fsp3) is 0.462. The number of hydrogen-bond acceptors (Lipinski definition) is 5. The number of carbonyl (C=O) groups excluding carboxylic acids is 1. The molecular formula is C13H19ClN2O4. The molecule has 0 radical (unpaired) electrons. The third-order valence-corrected chi connectivity index (χ3v) is 2.71. The number of methoxy groups -OCH3 is 1. The van der Waals surface area contributed by atoms with E-state index in [1.165, 1.54) is 0 Å². The number of benzene rings is 1. The van der Waals surface area contributed by atoms with E-state index < -0.39 is 0 Å². The molecule has 0 unspecified atom stereocenters. The van der Waals surface area contributed by atoms with Gasteiger partial charge in [0, 0.05) is 32.3 Å². The SMILES string of the molecule is COCCNCCNC(=O)c1ccc2c(c1)OCO2.Cl. The molecular weight excluding hydrogens is 284 g/mol. The summed E-state index contributed by atoms with van der Waals surface area (Å²) in [5.41, 5.74) is 0.571. The topological polar surface area (TPSA) is 68.8 Å². The lowest BCUT2D eigenvalue weighted by Crippen LogP contribution is -2.33. The van der Waals surface area contributed by atoms with Crippen LogP contribution in [-0.4, -0.2) is 46.1 Å². The van der Waals surface area contributed by atoms with Crippen molar-refractivity contribution in [2.45, 2.75) is 0 Å². The second kappa shape index (κ2) is 8.63. The molecule has 0 spiro atoms. The quantitative estimate of drug-likeness (QED) is 0.729. The summed E-state index contributed by atoms with van der Waals surface area (Å²) in [5.74, 6) is 1.18. The molecule has 1 aliphatic rings. The van der Waals surface area contributed by atoms with Crippen LogP contribution >= 0.6 is 12.4 Å². The second-order valence-corrected chi connectivity index (χ2v) is 4.07. The summed E-state index contributed by atoms with van der Waals surface area (Å²) in [5, 5.41) is 5.98. The van der Waals surface area contributed by atoms with Crippen LogP contribution in [0.1, 0.15) is 10.4 Å². The van der Waals surface area contributed by atoms with Crippen molar-refractivity contribution in [1.29, 1.82) is 0 Å². The van der Waals surface area contributed by atoms with Crippen LogP contribution in [0.2, 0.25) is 0 Å². The summed E-state index contributed by atoms with van der Waals surface area (Å²) in [4.78, 5) is 11.9. The standard InChI is InChI=1S/C13H18N2O4.ClH/c1-17-7-6-14-4-5-15-13(16)10-2-3-11-12(8-10)19-9-18-11;/h2-3,8,14H,4-7,9H2,1H3,(H,15,16);1H. The van der Waals surface area contributed by atoms with E-state index in [2.05, 4.69) is 10.6 Å². The van der Waals surface area contributed by atoms with Crippen LogP contribution in [-0.2, 0) is 4.74 Å². The summed E-state index contributed by atoms with van der Waals surface area (Å²) in [6, 6.07) is 5.16.